The summed E-state index contributed by atoms with van der Waals surface area (Å²) in [7, 11) is 1.69. The first-order chi connectivity index (χ1) is 14.5. The lowest BCUT2D eigenvalue weighted by atomic mass is 9.78. The fraction of sp³-hybridized carbons (Fsp3) is 0.652. The van der Waals surface area contributed by atoms with Gasteiger partial charge in [0.1, 0.15) is 5.54 Å². The highest BCUT2D eigenvalue weighted by atomic mass is 16.2. The molecule has 1 aromatic rings. The van der Waals surface area contributed by atoms with Crippen molar-refractivity contribution in [3.63, 3.8) is 0 Å². The molecule has 2 amide bonds. The molecular weight excluding hydrogens is 378 g/mol. The van der Waals surface area contributed by atoms with Crippen LogP contribution in [0.15, 0.2) is 24.5 Å². The molecule has 1 unspecified atom stereocenters. The summed E-state index contributed by atoms with van der Waals surface area (Å²) in [5.74, 6) is 1.17. The van der Waals surface area contributed by atoms with Gasteiger partial charge in [0.25, 0.3) is 11.8 Å². The number of nitrogens with one attached hydrogen (secondary N) is 2. The molecule has 7 heteroatoms. The van der Waals surface area contributed by atoms with Crippen LogP contribution in [0.4, 0.5) is 0 Å². The number of rotatable bonds is 6. The van der Waals surface area contributed by atoms with E-state index >= 15 is 0 Å². The predicted molar refractivity (Wildman–Crippen MR) is 115 cm³/mol. The number of nitrogens with zero attached hydrogens (tertiary/aromatic N) is 3. The van der Waals surface area contributed by atoms with Crippen LogP contribution in [0.3, 0.4) is 0 Å². The number of amides is 2. The van der Waals surface area contributed by atoms with Crippen LogP contribution >= 0.6 is 0 Å². The van der Waals surface area contributed by atoms with Crippen molar-refractivity contribution in [3.8, 4) is 0 Å². The molecule has 0 aromatic carbocycles. The second-order valence-corrected chi connectivity index (χ2v) is 9.31. The third kappa shape index (κ3) is 4.20. The van der Waals surface area contributed by atoms with Crippen LogP contribution in [0.5, 0.6) is 0 Å². The number of pyridine rings is 1. The van der Waals surface area contributed by atoms with Crippen molar-refractivity contribution in [1.29, 1.82) is 5.41 Å². The Labute approximate surface area is 178 Å². The third-order valence-corrected chi connectivity index (χ3v) is 7.23. The van der Waals surface area contributed by atoms with Gasteiger partial charge >= 0.3 is 0 Å². The largest absolute Gasteiger partial charge is 0.342 e. The molecule has 2 aliphatic heterocycles. The molecule has 3 heterocycles. The highest BCUT2D eigenvalue weighted by molar-refractivity contribution is 6.07. The molecule has 4 rings (SSSR count). The van der Waals surface area contributed by atoms with E-state index in [1.165, 1.54) is 37.0 Å². The second-order valence-electron chi connectivity index (χ2n) is 9.31. The molecule has 1 saturated carbocycles. The summed E-state index contributed by atoms with van der Waals surface area (Å²) in [6.45, 7) is 1.36. The van der Waals surface area contributed by atoms with Crippen LogP contribution in [-0.4, -0.2) is 58.2 Å². The van der Waals surface area contributed by atoms with E-state index in [1.54, 1.807) is 31.6 Å². The van der Waals surface area contributed by atoms with E-state index in [4.69, 9.17) is 5.41 Å². The zero-order chi connectivity index (χ0) is 21.1. The van der Waals surface area contributed by atoms with Gasteiger partial charge in [0.2, 0.25) is 0 Å². The fourth-order valence-electron chi connectivity index (χ4n) is 5.47. The Kier molecular flexibility index (Phi) is 6.06. The van der Waals surface area contributed by atoms with Gasteiger partial charge in [-0.2, -0.15) is 0 Å². The van der Waals surface area contributed by atoms with E-state index in [-0.39, 0.29) is 23.7 Å². The van der Waals surface area contributed by atoms with Crippen molar-refractivity contribution < 1.29 is 9.59 Å². The van der Waals surface area contributed by atoms with Crippen LogP contribution in [0.25, 0.3) is 0 Å². The number of carbonyl (C=O) groups is 2. The van der Waals surface area contributed by atoms with Gasteiger partial charge in [-0.15, -0.1) is 0 Å². The molecule has 0 spiro atoms. The van der Waals surface area contributed by atoms with E-state index in [1.807, 2.05) is 4.90 Å². The first-order valence-electron chi connectivity index (χ1n) is 11.3. The molecule has 2 atom stereocenters. The van der Waals surface area contributed by atoms with Crippen molar-refractivity contribution in [1.82, 2.24) is 20.1 Å². The maximum absolute atomic E-state index is 13.2. The summed E-state index contributed by atoms with van der Waals surface area (Å²) < 4.78 is 0. The van der Waals surface area contributed by atoms with Gasteiger partial charge in [0.05, 0.1) is 5.56 Å². The Morgan fingerprint density at radius 2 is 2.07 bits per heavy atom. The molecule has 30 heavy (non-hydrogen) atoms. The molecule has 0 radical (unpaired) electrons. The monoisotopic (exact) mass is 411 g/mol. The van der Waals surface area contributed by atoms with Gasteiger partial charge in [0.15, 0.2) is 5.96 Å². The zero-order valence-corrected chi connectivity index (χ0v) is 17.9. The van der Waals surface area contributed by atoms with Gasteiger partial charge in [0, 0.05) is 32.5 Å². The van der Waals surface area contributed by atoms with Crippen LogP contribution in [-0.2, 0) is 4.79 Å². The molecule has 1 aromatic heterocycles. The van der Waals surface area contributed by atoms with Crippen molar-refractivity contribution >= 4 is 17.8 Å². The topological polar surface area (TPSA) is 89.4 Å². The predicted octanol–water partition coefficient (Wildman–Crippen LogP) is 3.03. The van der Waals surface area contributed by atoms with E-state index in [0.717, 1.165) is 19.3 Å². The summed E-state index contributed by atoms with van der Waals surface area (Å²) >= 11 is 0. The minimum atomic E-state index is -0.693. The van der Waals surface area contributed by atoms with E-state index in [2.05, 4.69) is 10.3 Å². The Balaban J connectivity index is 1.42. The number of likely N-dealkylation sites (N-methyl/N-ethyl adjacent to an activating group) is 1. The molecule has 2 saturated heterocycles. The first kappa shape index (κ1) is 20.8. The van der Waals surface area contributed by atoms with Crippen molar-refractivity contribution in [2.45, 2.75) is 63.3 Å². The number of carbonyl (C=O) groups excluding carboxylic acids is 2. The minimum Gasteiger partial charge on any atom is -0.342 e. The number of guanidine groups is 1. The number of likely N-dealkylation sites (tertiary alicyclic amines) is 1. The van der Waals surface area contributed by atoms with Gasteiger partial charge in [-0.3, -0.25) is 24.9 Å². The minimum absolute atomic E-state index is 0.0115. The highest BCUT2D eigenvalue weighted by Crippen LogP contribution is 2.36. The van der Waals surface area contributed by atoms with E-state index in [9.17, 15) is 9.59 Å². The molecule has 3 fully saturated rings. The summed E-state index contributed by atoms with van der Waals surface area (Å²) in [6, 6.07) is 3.58. The zero-order valence-electron chi connectivity index (χ0n) is 17.9. The standard InChI is InChI=1S/C23H33N5O2/c1-27-21(30)23(26-22(27)24,11-9-17-6-3-2-4-7-17)14-18-10-13-28(16-18)20(29)19-8-5-12-25-15-19/h5,8,12,15,17-18H,2-4,6-7,9-11,13-14,16H2,1H3,(H2,24,26)/t18?,23-/m0/s1. The highest BCUT2D eigenvalue weighted by Gasteiger charge is 2.49. The Bertz CT molecular complexity index is 792. The van der Waals surface area contributed by atoms with Crippen LogP contribution in [0.1, 0.15) is 68.1 Å². The summed E-state index contributed by atoms with van der Waals surface area (Å²) in [6.07, 6.45) is 13.1. The van der Waals surface area contributed by atoms with Crippen LogP contribution in [0, 0.1) is 17.2 Å². The molecule has 162 valence electrons. The van der Waals surface area contributed by atoms with Gasteiger partial charge in [-0.25, -0.2) is 0 Å². The normalized spacial score (nSPS) is 27.6. The fourth-order valence-corrected chi connectivity index (χ4v) is 5.47. The summed E-state index contributed by atoms with van der Waals surface area (Å²) in [5, 5.41) is 11.4. The quantitative estimate of drug-likeness (QED) is 0.753. The lowest BCUT2D eigenvalue weighted by molar-refractivity contribution is -0.131. The van der Waals surface area contributed by atoms with Crippen molar-refractivity contribution in [2.24, 2.45) is 11.8 Å². The SMILES string of the molecule is CN1C(=N)N[C@@](CCC2CCCCC2)(CC2CCN(C(=O)c3cccnc3)C2)C1=O. The average Bonchev–Trinajstić information content (AvgIpc) is 3.32. The maximum Gasteiger partial charge on any atom is 0.255 e. The van der Waals surface area contributed by atoms with Crippen molar-refractivity contribution in [3.05, 3.63) is 30.1 Å². The molecular formula is C23H33N5O2. The molecule has 1 aliphatic carbocycles. The molecule has 7 nitrogen and oxygen atoms in total. The smallest absolute Gasteiger partial charge is 0.255 e. The number of hydrogen-bond donors (Lipinski definition) is 2. The van der Waals surface area contributed by atoms with Gasteiger partial charge < -0.3 is 10.2 Å². The van der Waals surface area contributed by atoms with Crippen LogP contribution < -0.4 is 5.32 Å². The molecule has 2 N–H and O–H groups in total. The lowest BCUT2D eigenvalue weighted by Crippen LogP contribution is -2.49. The van der Waals surface area contributed by atoms with Gasteiger partial charge in [-0.05, 0) is 49.7 Å². The van der Waals surface area contributed by atoms with E-state index in [0.29, 0.717) is 31.0 Å². The summed E-state index contributed by atoms with van der Waals surface area (Å²) in [5.41, 5.74) is -0.0804. The Morgan fingerprint density at radius 3 is 2.73 bits per heavy atom. The van der Waals surface area contributed by atoms with Crippen LogP contribution in [0.2, 0.25) is 0 Å². The first-order valence-corrected chi connectivity index (χ1v) is 11.3. The molecule has 3 aliphatic rings. The second kappa shape index (κ2) is 8.74. The third-order valence-electron chi connectivity index (χ3n) is 7.23. The maximum atomic E-state index is 13.2. The average molecular weight is 412 g/mol. The number of hydrogen-bond acceptors (Lipinski definition) is 4. The van der Waals surface area contributed by atoms with Crippen molar-refractivity contribution in [2.75, 3.05) is 20.1 Å². The lowest BCUT2D eigenvalue weighted by Gasteiger charge is -2.32. The van der Waals surface area contributed by atoms with E-state index < -0.39 is 5.54 Å². The Hall–Kier alpha value is -2.44. The van der Waals surface area contributed by atoms with Gasteiger partial charge in [-0.1, -0.05) is 32.1 Å². The number of aromatic nitrogens is 1. The Morgan fingerprint density at radius 1 is 1.27 bits per heavy atom. The molecule has 0 bridgehead atoms. The summed E-state index contributed by atoms with van der Waals surface area (Å²) in [4.78, 5) is 33.3.